The zero-order chi connectivity index (χ0) is 20.0. The number of carbonyl (C=O) groups excluding carboxylic acids is 1. The fourth-order valence-corrected chi connectivity index (χ4v) is 5.04. The Hall–Kier alpha value is -2.95. The highest BCUT2D eigenvalue weighted by Gasteiger charge is 2.52. The van der Waals surface area contributed by atoms with Crippen molar-refractivity contribution in [1.29, 1.82) is 0 Å². The van der Waals surface area contributed by atoms with Crippen LogP contribution in [-0.4, -0.2) is 25.3 Å². The molecule has 29 heavy (non-hydrogen) atoms. The van der Waals surface area contributed by atoms with Gasteiger partial charge in [-0.25, -0.2) is 4.79 Å². The first kappa shape index (κ1) is 18.1. The molecule has 1 spiro atoms. The third-order valence-corrected chi connectivity index (χ3v) is 6.47. The Kier molecular flexibility index (Phi) is 4.26. The third-order valence-electron chi connectivity index (χ3n) is 6.47. The van der Waals surface area contributed by atoms with E-state index in [1.807, 2.05) is 12.1 Å². The van der Waals surface area contributed by atoms with Gasteiger partial charge in [0.2, 0.25) is 0 Å². The van der Waals surface area contributed by atoms with Gasteiger partial charge in [-0.2, -0.15) is 0 Å². The summed E-state index contributed by atoms with van der Waals surface area (Å²) in [5.74, 6) is 1.31. The number of aryl methyl sites for hydroxylation is 1. The van der Waals surface area contributed by atoms with Crippen molar-refractivity contribution in [3.05, 3.63) is 65.2 Å². The molecular weight excluding hydrogens is 366 g/mol. The largest absolute Gasteiger partial charge is 0.493 e. The maximum Gasteiger partial charge on any atom is 0.338 e. The second kappa shape index (κ2) is 6.83. The van der Waals surface area contributed by atoms with Gasteiger partial charge in [-0.15, -0.1) is 0 Å². The highest BCUT2D eigenvalue weighted by molar-refractivity contribution is 5.90. The standard InChI is InChI=1S/C24H25NO4/c1-27-19-10-7-15-4-2-3-12-24-13-11-18(14-20(24)29-22(19)21(15)24)28-23(26)16-5-8-17(25)9-6-16/h5-11,13,18,20H,2-4,12,14,25H2,1H3/t18-,20?,24+/m0/s1. The Labute approximate surface area is 170 Å². The van der Waals surface area contributed by atoms with Crippen LogP contribution in [0.25, 0.3) is 0 Å². The Bertz CT molecular complexity index is 981. The first-order valence-electron chi connectivity index (χ1n) is 10.2. The van der Waals surface area contributed by atoms with Crippen molar-refractivity contribution >= 4 is 11.7 Å². The van der Waals surface area contributed by atoms with Gasteiger partial charge in [0.15, 0.2) is 11.5 Å². The molecule has 0 bridgehead atoms. The number of ether oxygens (including phenoxy) is 3. The molecule has 0 radical (unpaired) electrons. The van der Waals surface area contributed by atoms with Crippen LogP contribution in [0, 0.1) is 0 Å². The molecule has 1 heterocycles. The van der Waals surface area contributed by atoms with Crippen LogP contribution in [0.2, 0.25) is 0 Å². The summed E-state index contributed by atoms with van der Waals surface area (Å²) in [5.41, 5.74) is 9.30. The smallest absolute Gasteiger partial charge is 0.338 e. The zero-order valence-electron chi connectivity index (χ0n) is 16.5. The summed E-state index contributed by atoms with van der Waals surface area (Å²) in [6.07, 6.45) is 8.96. The lowest BCUT2D eigenvalue weighted by molar-refractivity contribution is 0.0220. The average molecular weight is 391 g/mol. The molecule has 5 nitrogen and oxygen atoms in total. The summed E-state index contributed by atoms with van der Waals surface area (Å²) in [5, 5.41) is 0. The first-order valence-corrected chi connectivity index (χ1v) is 10.2. The van der Waals surface area contributed by atoms with Gasteiger partial charge in [0.1, 0.15) is 12.2 Å². The van der Waals surface area contributed by atoms with Gasteiger partial charge in [-0.3, -0.25) is 0 Å². The molecule has 5 heteroatoms. The SMILES string of the molecule is COc1ccc2c3c1OC1C[C@@H](OC(=O)c4ccc(N)cc4)C=C[C@@]31CCCC2. The molecule has 0 aromatic heterocycles. The molecule has 0 saturated heterocycles. The van der Waals surface area contributed by atoms with Gasteiger partial charge < -0.3 is 19.9 Å². The number of esters is 1. The second-order valence-electron chi connectivity index (χ2n) is 8.15. The van der Waals surface area contributed by atoms with Crippen LogP contribution in [0.5, 0.6) is 11.5 Å². The van der Waals surface area contributed by atoms with Gasteiger partial charge in [0, 0.05) is 17.7 Å². The van der Waals surface area contributed by atoms with Crippen LogP contribution in [0.1, 0.15) is 47.2 Å². The normalized spacial score (nSPS) is 26.7. The maximum atomic E-state index is 12.5. The Morgan fingerprint density at radius 2 is 2.00 bits per heavy atom. The summed E-state index contributed by atoms with van der Waals surface area (Å²) >= 11 is 0. The molecule has 2 aromatic rings. The topological polar surface area (TPSA) is 70.8 Å². The lowest BCUT2D eigenvalue weighted by Crippen LogP contribution is -2.42. The minimum Gasteiger partial charge on any atom is -0.493 e. The van der Waals surface area contributed by atoms with E-state index in [9.17, 15) is 4.79 Å². The monoisotopic (exact) mass is 391 g/mol. The highest BCUT2D eigenvalue weighted by atomic mass is 16.6. The minimum absolute atomic E-state index is 0.0557. The summed E-state index contributed by atoms with van der Waals surface area (Å²) in [7, 11) is 1.68. The Balaban J connectivity index is 1.44. The predicted octanol–water partition coefficient (Wildman–Crippen LogP) is 4.19. The van der Waals surface area contributed by atoms with E-state index in [0.717, 1.165) is 30.8 Å². The Morgan fingerprint density at radius 3 is 2.79 bits per heavy atom. The number of hydrogen-bond donors (Lipinski definition) is 1. The predicted molar refractivity (Wildman–Crippen MR) is 110 cm³/mol. The lowest BCUT2D eigenvalue weighted by atomic mass is 9.69. The molecule has 3 atom stereocenters. The van der Waals surface area contributed by atoms with E-state index in [1.165, 1.54) is 17.5 Å². The van der Waals surface area contributed by atoms with E-state index in [4.69, 9.17) is 19.9 Å². The van der Waals surface area contributed by atoms with Crippen LogP contribution < -0.4 is 15.2 Å². The van der Waals surface area contributed by atoms with Gasteiger partial charge in [-0.1, -0.05) is 18.6 Å². The maximum absolute atomic E-state index is 12.5. The van der Waals surface area contributed by atoms with Crippen molar-refractivity contribution in [3.63, 3.8) is 0 Å². The first-order chi connectivity index (χ1) is 14.1. The van der Waals surface area contributed by atoms with Crippen molar-refractivity contribution in [3.8, 4) is 11.5 Å². The molecule has 5 rings (SSSR count). The molecule has 0 fully saturated rings. The number of carbonyl (C=O) groups is 1. The van der Waals surface area contributed by atoms with Gasteiger partial charge in [0.05, 0.1) is 18.1 Å². The van der Waals surface area contributed by atoms with Gasteiger partial charge in [-0.05, 0) is 61.2 Å². The van der Waals surface area contributed by atoms with E-state index in [2.05, 4.69) is 12.1 Å². The van der Waals surface area contributed by atoms with Crippen LogP contribution in [0.4, 0.5) is 5.69 Å². The van der Waals surface area contributed by atoms with Crippen molar-refractivity contribution in [2.45, 2.75) is 49.7 Å². The van der Waals surface area contributed by atoms with E-state index in [1.54, 1.807) is 31.4 Å². The summed E-state index contributed by atoms with van der Waals surface area (Å²) in [6.45, 7) is 0. The van der Waals surface area contributed by atoms with Crippen molar-refractivity contribution < 1.29 is 19.0 Å². The summed E-state index contributed by atoms with van der Waals surface area (Å²) < 4.78 is 17.8. The number of benzene rings is 2. The molecule has 1 unspecified atom stereocenters. The highest BCUT2D eigenvalue weighted by Crippen LogP contribution is 2.56. The molecule has 2 aromatic carbocycles. The molecule has 3 aliphatic rings. The molecule has 2 N–H and O–H groups in total. The number of nitrogens with two attached hydrogens (primary N) is 1. The van der Waals surface area contributed by atoms with Crippen LogP contribution in [0.15, 0.2) is 48.6 Å². The number of hydrogen-bond acceptors (Lipinski definition) is 5. The zero-order valence-corrected chi connectivity index (χ0v) is 16.5. The van der Waals surface area contributed by atoms with E-state index < -0.39 is 0 Å². The Morgan fingerprint density at radius 1 is 1.17 bits per heavy atom. The molecular formula is C24H25NO4. The molecule has 1 aliphatic heterocycles. The second-order valence-corrected chi connectivity index (χ2v) is 8.15. The quantitative estimate of drug-likeness (QED) is 0.483. The summed E-state index contributed by atoms with van der Waals surface area (Å²) in [6, 6.07) is 11.0. The number of rotatable bonds is 3. The fourth-order valence-electron chi connectivity index (χ4n) is 5.04. The van der Waals surface area contributed by atoms with Gasteiger partial charge in [0.25, 0.3) is 0 Å². The van der Waals surface area contributed by atoms with E-state index >= 15 is 0 Å². The van der Waals surface area contributed by atoms with Crippen molar-refractivity contribution in [2.24, 2.45) is 0 Å². The van der Waals surface area contributed by atoms with Crippen molar-refractivity contribution in [1.82, 2.24) is 0 Å². The van der Waals surface area contributed by atoms with Crippen LogP contribution in [-0.2, 0) is 16.6 Å². The lowest BCUT2D eigenvalue weighted by Gasteiger charge is -2.36. The van der Waals surface area contributed by atoms with Crippen molar-refractivity contribution in [2.75, 3.05) is 12.8 Å². The van der Waals surface area contributed by atoms with Gasteiger partial charge >= 0.3 is 5.97 Å². The average Bonchev–Trinajstić information content (AvgIpc) is 2.94. The van der Waals surface area contributed by atoms with Crippen LogP contribution in [0.3, 0.4) is 0 Å². The number of methoxy groups -OCH3 is 1. The third kappa shape index (κ3) is 2.87. The molecule has 0 amide bonds. The number of anilines is 1. The molecule has 150 valence electrons. The fraction of sp³-hybridized carbons (Fsp3) is 0.375. The minimum atomic E-state index is -0.342. The van der Waals surface area contributed by atoms with E-state index in [-0.39, 0.29) is 23.6 Å². The van der Waals surface area contributed by atoms with E-state index in [0.29, 0.717) is 17.7 Å². The summed E-state index contributed by atoms with van der Waals surface area (Å²) in [4.78, 5) is 12.5. The van der Waals surface area contributed by atoms with Crippen LogP contribution >= 0.6 is 0 Å². The number of nitrogen functional groups attached to an aromatic ring is 1. The molecule has 0 saturated carbocycles. The molecule has 2 aliphatic carbocycles.